The van der Waals surface area contributed by atoms with E-state index in [1.165, 1.54) is 12.8 Å². The molecule has 30 heavy (non-hydrogen) atoms. The van der Waals surface area contributed by atoms with E-state index in [0.29, 0.717) is 11.1 Å². The van der Waals surface area contributed by atoms with Crippen LogP contribution in [0.3, 0.4) is 0 Å². The van der Waals surface area contributed by atoms with E-state index < -0.39 is 13.4 Å². The number of phosphoric ester groups is 1. The van der Waals surface area contributed by atoms with Gasteiger partial charge in [-0.15, -0.1) is 0 Å². The SMILES string of the molecule is CC(N)(COP(=O)(O)O)c1ccc2cc(OC3CCC(C(C)(C)C)CC3)ccc2n1. The molecule has 7 nitrogen and oxygen atoms in total. The second-order valence-corrected chi connectivity index (χ2v) is 10.9. The smallest absolute Gasteiger partial charge is 0.469 e. The van der Waals surface area contributed by atoms with Crippen LogP contribution in [0.5, 0.6) is 5.75 Å². The molecule has 1 heterocycles. The lowest BCUT2D eigenvalue weighted by atomic mass is 9.72. The van der Waals surface area contributed by atoms with E-state index in [9.17, 15) is 4.57 Å². The molecule has 1 aliphatic rings. The molecule has 0 aliphatic heterocycles. The Morgan fingerprint density at radius 3 is 2.37 bits per heavy atom. The lowest BCUT2D eigenvalue weighted by molar-refractivity contribution is 0.0883. The van der Waals surface area contributed by atoms with Gasteiger partial charge in [-0.1, -0.05) is 26.8 Å². The molecule has 1 aromatic heterocycles. The number of ether oxygens (including phenoxy) is 1. The van der Waals surface area contributed by atoms with Crippen molar-refractivity contribution >= 4 is 18.7 Å². The fraction of sp³-hybridized carbons (Fsp3) is 0.591. The summed E-state index contributed by atoms with van der Waals surface area (Å²) in [5, 5.41) is 0.923. The molecule has 0 spiro atoms. The molecule has 0 amide bonds. The molecule has 2 aromatic rings. The van der Waals surface area contributed by atoms with Crippen molar-refractivity contribution in [2.75, 3.05) is 6.61 Å². The number of rotatable bonds is 6. The maximum atomic E-state index is 11.0. The first-order valence-electron chi connectivity index (χ1n) is 10.4. The van der Waals surface area contributed by atoms with Gasteiger partial charge in [0.25, 0.3) is 0 Å². The summed E-state index contributed by atoms with van der Waals surface area (Å²) in [6.07, 6.45) is 4.77. The van der Waals surface area contributed by atoms with Gasteiger partial charge in [-0.3, -0.25) is 9.51 Å². The highest BCUT2D eigenvalue weighted by atomic mass is 31.2. The minimum atomic E-state index is -4.59. The van der Waals surface area contributed by atoms with E-state index in [1.807, 2.05) is 24.3 Å². The Morgan fingerprint density at radius 1 is 1.10 bits per heavy atom. The summed E-state index contributed by atoms with van der Waals surface area (Å²) in [5.41, 5.74) is 6.64. The van der Waals surface area contributed by atoms with Gasteiger partial charge in [-0.25, -0.2) is 4.57 Å². The van der Waals surface area contributed by atoms with Gasteiger partial charge in [-0.2, -0.15) is 0 Å². The quantitative estimate of drug-likeness (QED) is 0.571. The zero-order chi connectivity index (χ0) is 22.2. The molecule has 1 unspecified atom stereocenters. The first kappa shape index (κ1) is 23.2. The van der Waals surface area contributed by atoms with Crippen molar-refractivity contribution in [2.24, 2.45) is 17.1 Å². The first-order valence-corrected chi connectivity index (χ1v) is 11.9. The van der Waals surface area contributed by atoms with Gasteiger partial charge in [0, 0.05) is 5.39 Å². The summed E-state index contributed by atoms with van der Waals surface area (Å²) in [7, 11) is -4.59. The fourth-order valence-electron chi connectivity index (χ4n) is 4.03. The van der Waals surface area contributed by atoms with Crippen molar-refractivity contribution in [3.63, 3.8) is 0 Å². The zero-order valence-corrected chi connectivity index (χ0v) is 19.1. The molecule has 0 bridgehead atoms. The van der Waals surface area contributed by atoms with Crippen LogP contribution < -0.4 is 10.5 Å². The third-order valence-electron chi connectivity index (χ3n) is 5.98. The summed E-state index contributed by atoms with van der Waals surface area (Å²) in [4.78, 5) is 22.4. The number of nitrogens with zero attached hydrogens (tertiary/aromatic N) is 1. The molecule has 1 fully saturated rings. The van der Waals surface area contributed by atoms with Gasteiger partial charge < -0.3 is 20.3 Å². The number of hydrogen-bond acceptors (Lipinski definition) is 5. The van der Waals surface area contributed by atoms with Crippen molar-refractivity contribution in [2.45, 2.75) is 65.0 Å². The molecule has 1 atom stereocenters. The molecule has 166 valence electrons. The zero-order valence-electron chi connectivity index (χ0n) is 18.2. The normalized spacial score (nSPS) is 22.6. The number of pyridine rings is 1. The highest BCUT2D eigenvalue weighted by molar-refractivity contribution is 7.46. The minimum Gasteiger partial charge on any atom is -0.490 e. The van der Waals surface area contributed by atoms with Crippen LogP contribution in [0.15, 0.2) is 30.3 Å². The Labute approximate surface area is 178 Å². The Hall–Kier alpha value is -1.50. The monoisotopic (exact) mass is 436 g/mol. The van der Waals surface area contributed by atoms with Gasteiger partial charge in [-0.05, 0) is 68.2 Å². The van der Waals surface area contributed by atoms with Crippen molar-refractivity contribution in [3.8, 4) is 5.75 Å². The van der Waals surface area contributed by atoms with E-state index in [4.69, 9.17) is 20.3 Å². The van der Waals surface area contributed by atoms with Gasteiger partial charge >= 0.3 is 7.82 Å². The van der Waals surface area contributed by atoms with Crippen molar-refractivity contribution in [1.82, 2.24) is 4.98 Å². The molecule has 3 rings (SSSR count). The predicted octanol–water partition coefficient (Wildman–Crippen LogP) is 4.50. The summed E-state index contributed by atoms with van der Waals surface area (Å²) in [5.74, 6) is 1.58. The number of phosphoric acid groups is 1. The molecule has 1 aliphatic carbocycles. The van der Waals surface area contributed by atoms with Crippen molar-refractivity contribution in [3.05, 3.63) is 36.0 Å². The van der Waals surface area contributed by atoms with Crippen LogP contribution >= 0.6 is 7.82 Å². The van der Waals surface area contributed by atoms with E-state index >= 15 is 0 Å². The topological polar surface area (TPSA) is 115 Å². The summed E-state index contributed by atoms with van der Waals surface area (Å²) >= 11 is 0. The summed E-state index contributed by atoms with van der Waals surface area (Å²) < 4.78 is 21.8. The van der Waals surface area contributed by atoms with Crippen LogP contribution in [-0.2, 0) is 14.6 Å². The van der Waals surface area contributed by atoms with Gasteiger partial charge in [0.05, 0.1) is 29.5 Å². The summed E-state index contributed by atoms with van der Waals surface area (Å²) in [6, 6.07) is 9.42. The largest absolute Gasteiger partial charge is 0.490 e. The lowest BCUT2D eigenvalue weighted by Crippen LogP contribution is -2.38. The maximum Gasteiger partial charge on any atom is 0.469 e. The maximum absolute atomic E-state index is 11.0. The van der Waals surface area contributed by atoms with Crippen molar-refractivity contribution < 1.29 is 23.6 Å². The second kappa shape index (κ2) is 8.56. The molecule has 4 N–H and O–H groups in total. The Balaban J connectivity index is 1.68. The van der Waals surface area contributed by atoms with Crippen LogP contribution in [0.1, 0.15) is 59.1 Å². The Morgan fingerprint density at radius 2 is 1.77 bits per heavy atom. The van der Waals surface area contributed by atoms with Crippen LogP contribution in [0, 0.1) is 11.3 Å². The van der Waals surface area contributed by atoms with E-state index in [1.54, 1.807) is 13.0 Å². The lowest BCUT2D eigenvalue weighted by Gasteiger charge is -2.37. The number of fused-ring (bicyclic) bond motifs is 1. The van der Waals surface area contributed by atoms with Crippen LogP contribution in [0.4, 0.5) is 0 Å². The first-order chi connectivity index (χ1) is 13.8. The van der Waals surface area contributed by atoms with E-state index in [0.717, 1.165) is 35.4 Å². The van der Waals surface area contributed by atoms with Gasteiger partial charge in [0.2, 0.25) is 0 Å². The number of nitrogens with two attached hydrogens (primary N) is 1. The molecule has 0 saturated heterocycles. The molecular formula is C22H33N2O5P. The van der Waals surface area contributed by atoms with Gasteiger partial charge in [0.1, 0.15) is 5.75 Å². The number of hydrogen-bond donors (Lipinski definition) is 3. The Kier molecular flexibility index (Phi) is 6.61. The second-order valence-electron chi connectivity index (χ2n) is 9.69. The average molecular weight is 436 g/mol. The molecule has 8 heteroatoms. The Bertz CT molecular complexity index is 927. The molecule has 0 radical (unpaired) electrons. The number of benzene rings is 1. The molecule has 1 aromatic carbocycles. The van der Waals surface area contributed by atoms with E-state index in [2.05, 4.69) is 30.3 Å². The van der Waals surface area contributed by atoms with Crippen molar-refractivity contribution in [1.29, 1.82) is 0 Å². The van der Waals surface area contributed by atoms with E-state index in [-0.39, 0.29) is 12.7 Å². The minimum absolute atomic E-state index is 0.241. The van der Waals surface area contributed by atoms with Crippen LogP contribution in [0.25, 0.3) is 10.9 Å². The number of aromatic nitrogens is 1. The predicted molar refractivity (Wildman–Crippen MR) is 117 cm³/mol. The third-order valence-corrected chi connectivity index (χ3v) is 6.45. The highest BCUT2D eigenvalue weighted by Gasteiger charge is 2.31. The fourth-order valence-corrected chi connectivity index (χ4v) is 4.46. The summed E-state index contributed by atoms with van der Waals surface area (Å²) in [6.45, 7) is 8.23. The highest BCUT2D eigenvalue weighted by Crippen LogP contribution is 2.39. The third kappa shape index (κ3) is 6.02. The standard InChI is InChI=1S/C22H33N2O5P/c1-21(2,3)16-6-8-17(9-7-16)29-18-10-11-19-15(13-18)5-12-20(24-19)22(4,23)14-28-30(25,26)27/h5,10-13,16-17H,6-9,14,23H2,1-4H3,(H2,25,26,27). The van der Waals surface area contributed by atoms with Crippen LogP contribution in [0.2, 0.25) is 0 Å². The van der Waals surface area contributed by atoms with Gasteiger partial charge in [0.15, 0.2) is 0 Å². The molecule has 1 saturated carbocycles. The molecular weight excluding hydrogens is 403 g/mol. The van der Waals surface area contributed by atoms with Crippen LogP contribution in [-0.4, -0.2) is 27.5 Å². The average Bonchev–Trinajstić information content (AvgIpc) is 2.65.